The molecule has 1 aromatic rings. The summed E-state index contributed by atoms with van der Waals surface area (Å²) in [5.41, 5.74) is 0.965. The van der Waals surface area contributed by atoms with Gasteiger partial charge in [-0.1, -0.05) is 23.7 Å². The largest absolute Gasteiger partial charge is 0.382 e. The fourth-order valence-corrected chi connectivity index (χ4v) is 2.61. The van der Waals surface area contributed by atoms with Crippen molar-refractivity contribution in [1.29, 1.82) is 0 Å². The van der Waals surface area contributed by atoms with Gasteiger partial charge >= 0.3 is 6.03 Å². The van der Waals surface area contributed by atoms with Crippen molar-refractivity contribution in [1.82, 2.24) is 10.6 Å². The molecule has 1 saturated heterocycles. The van der Waals surface area contributed by atoms with Gasteiger partial charge in [0.15, 0.2) is 0 Å². The van der Waals surface area contributed by atoms with Crippen LogP contribution in [0.1, 0.15) is 24.4 Å². The first-order valence-corrected chi connectivity index (χ1v) is 7.93. The van der Waals surface area contributed by atoms with E-state index in [4.69, 9.17) is 21.1 Å². The van der Waals surface area contributed by atoms with Gasteiger partial charge in [-0.25, -0.2) is 4.79 Å². The Bertz CT molecular complexity index is 461. The zero-order valence-corrected chi connectivity index (χ0v) is 13.6. The maximum atomic E-state index is 12.1. The van der Waals surface area contributed by atoms with Crippen LogP contribution in [-0.2, 0) is 9.47 Å². The maximum absolute atomic E-state index is 12.1. The summed E-state index contributed by atoms with van der Waals surface area (Å²) in [7, 11) is 1.62. The molecule has 0 saturated carbocycles. The van der Waals surface area contributed by atoms with Crippen LogP contribution in [0.25, 0.3) is 0 Å². The fourth-order valence-electron chi connectivity index (χ4n) is 2.48. The van der Waals surface area contributed by atoms with Crippen LogP contribution in [0, 0.1) is 5.92 Å². The molecular formula is C16H23ClN2O3. The molecule has 0 unspecified atom stereocenters. The molecule has 22 heavy (non-hydrogen) atoms. The standard InChI is InChI=1S/C16H23ClN2O3/c1-21-11-15(13-2-4-14(17)5-3-13)19-16(20)18-10-12-6-8-22-9-7-12/h2-5,12,15H,6-11H2,1H3,(H2,18,19,20)/t15-/m0/s1. The molecule has 6 heteroatoms. The minimum atomic E-state index is -0.197. The number of carbonyl (C=O) groups excluding carboxylic acids is 1. The van der Waals surface area contributed by atoms with E-state index >= 15 is 0 Å². The molecule has 0 aromatic heterocycles. The fraction of sp³-hybridized carbons (Fsp3) is 0.562. The van der Waals surface area contributed by atoms with E-state index < -0.39 is 0 Å². The van der Waals surface area contributed by atoms with Crippen LogP contribution in [0.4, 0.5) is 4.79 Å². The highest BCUT2D eigenvalue weighted by Gasteiger charge is 2.17. The Morgan fingerprint density at radius 1 is 1.36 bits per heavy atom. The summed E-state index contributed by atoms with van der Waals surface area (Å²) in [6, 6.07) is 7.03. The number of urea groups is 1. The van der Waals surface area contributed by atoms with Gasteiger partial charge in [0.05, 0.1) is 12.6 Å². The van der Waals surface area contributed by atoms with Crippen molar-refractivity contribution < 1.29 is 14.3 Å². The molecule has 122 valence electrons. The summed E-state index contributed by atoms with van der Waals surface area (Å²) in [6.07, 6.45) is 2.00. The average molecular weight is 327 g/mol. The highest BCUT2D eigenvalue weighted by atomic mass is 35.5. The van der Waals surface area contributed by atoms with Gasteiger partial charge in [0.2, 0.25) is 0 Å². The summed E-state index contributed by atoms with van der Waals surface area (Å²) in [5.74, 6) is 0.496. The number of carbonyl (C=O) groups is 1. The molecule has 5 nitrogen and oxygen atoms in total. The molecular weight excluding hydrogens is 304 g/mol. The third-order valence-electron chi connectivity index (χ3n) is 3.80. The first-order valence-electron chi connectivity index (χ1n) is 7.55. The van der Waals surface area contributed by atoms with E-state index in [1.165, 1.54) is 0 Å². The second kappa shape index (κ2) is 8.98. The summed E-state index contributed by atoms with van der Waals surface area (Å²) in [6.45, 7) is 2.65. The van der Waals surface area contributed by atoms with Crippen LogP contribution in [0.3, 0.4) is 0 Å². The van der Waals surface area contributed by atoms with Gasteiger partial charge in [0.1, 0.15) is 0 Å². The zero-order chi connectivity index (χ0) is 15.8. The Morgan fingerprint density at radius 2 is 2.05 bits per heavy atom. The van der Waals surface area contributed by atoms with Crippen LogP contribution >= 0.6 is 11.6 Å². The predicted octanol–water partition coefficient (Wildman–Crippen LogP) is 2.75. The number of rotatable bonds is 6. The van der Waals surface area contributed by atoms with E-state index in [9.17, 15) is 4.79 Å². The van der Waals surface area contributed by atoms with Crippen LogP contribution in [-0.4, -0.2) is 39.5 Å². The summed E-state index contributed by atoms with van der Waals surface area (Å²) >= 11 is 5.89. The third kappa shape index (κ3) is 5.48. The molecule has 2 amide bonds. The predicted molar refractivity (Wildman–Crippen MR) is 86.1 cm³/mol. The zero-order valence-electron chi connectivity index (χ0n) is 12.8. The number of nitrogens with one attached hydrogen (secondary N) is 2. The lowest BCUT2D eigenvalue weighted by Crippen LogP contribution is -2.42. The Kier molecular flexibility index (Phi) is 6.96. The number of halogens is 1. The lowest BCUT2D eigenvalue weighted by Gasteiger charge is -2.23. The molecule has 0 bridgehead atoms. The minimum absolute atomic E-state index is 0.177. The van der Waals surface area contributed by atoms with Crippen LogP contribution < -0.4 is 10.6 Å². The highest BCUT2D eigenvalue weighted by molar-refractivity contribution is 6.30. The number of hydrogen-bond acceptors (Lipinski definition) is 3. The Balaban J connectivity index is 1.84. The van der Waals surface area contributed by atoms with Crippen molar-refractivity contribution in [3.05, 3.63) is 34.9 Å². The molecule has 0 spiro atoms. The quantitative estimate of drug-likeness (QED) is 0.845. The van der Waals surface area contributed by atoms with E-state index in [0.717, 1.165) is 31.6 Å². The number of ether oxygens (including phenoxy) is 2. The smallest absolute Gasteiger partial charge is 0.315 e. The van der Waals surface area contributed by atoms with Crippen molar-refractivity contribution >= 4 is 17.6 Å². The lowest BCUT2D eigenvalue weighted by atomic mass is 10.0. The molecule has 0 aliphatic carbocycles. The molecule has 0 radical (unpaired) electrons. The second-order valence-electron chi connectivity index (χ2n) is 5.47. The first kappa shape index (κ1) is 17.1. The highest BCUT2D eigenvalue weighted by Crippen LogP contribution is 2.17. The summed E-state index contributed by atoms with van der Waals surface area (Å²) < 4.78 is 10.5. The number of amides is 2. The first-order chi connectivity index (χ1) is 10.7. The number of benzene rings is 1. The van der Waals surface area contributed by atoms with Crippen LogP contribution in [0.5, 0.6) is 0 Å². The van der Waals surface area contributed by atoms with E-state index in [-0.39, 0.29) is 12.1 Å². The van der Waals surface area contributed by atoms with Gasteiger partial charge < -0.3 is 20.1 Å². The molecule has 1 heterocycles. The van der Waals surface area contributed by atoms with Crippen LogP contribution in [0.2, 0.25) is 5.02 Å². The SMILES string of the molecule is COC[C@H](NC(=O)NCC1CCOCC1)c1ccc(Cl)cc1. The second-order valence-corrected chi connectivity index (χ2v) is 5.91. The van der Waals surface area contributed by atoms with Crippen molar-refractivity contribution in [3.63, 3.8) is 0 Å². The van der Waals surface area contributed by atoms with Gasteiger partial charge in [-0.05, 0) is 36.5 Å². The molecule has 1 aliphatic heterocycles. The van der Waals surface area contributed by atoms with E-state index in [1.807, 2.05) is 12.1 Å². The molecule has 2 N–H and O–H groups in total. The normalized spacial score (nSPS) is 17.0. The van der Waals surface area contributed by atoms with Crippen molar-refractivity contribution in [2.45, 2.75) is 18.9 Å². The molecule has 1 fully saturated rings. The number of methoxy groups -OCH3 is 1. The molecule has 1 aliphatic rings. The monoisotopic (exact) mass is 326 g/mol. The minimum Gasteiger partial charge on any atom is -0.382 e. The Labute approximate surface area is 136 Å². The third-order valence-corrected chi connectivity index (χ3v) is 4.06. The van der Waals surface area contributed by atoms with E-state index in [2.05, 4.69) is 10.6 Å². The van der Waals surface area contributed by atoms with Crippen LogP contribution in [0.15, 0.2) is 24.3 Å². The summed E-state index contributed by atoms with van der Waals surface area (Å²) in [5, 5.41) is 6.55. The van der Waals surface area contributed by atoms with Gasteiger partial charge in [0, 0.05) is 31.9 Å². The van der Waals surface area contributed by atoms with Gasteiger partial charge in [-0.2, -0.15) is 0 Å². The average Bonchev–Trinajstić information content (AvgIpc) is 2.54. The molecule has 2 rings (SSSR count). The van der Waals surface area contributed by atoms with Crippen molar-refractivity contribution in [2.75, 3.05) is 33.5 Å². The summed E-state index contributed by atoms with van der Waals surface area (Å²) in [4.78, 5) is 12.1. The topological polar surface area (TPSA) is 59.6 Å². The lowest BCUT2D eigenvalue weighted by molar-refractivity contribution is 0.0668. The molecule has 1 aromatic carbocycles. The van der Waals surface area contributed by atoms with Crippen molar-refractivity contribution in [3.8, 4) is 0 Å². The maximum Gasteiger partial charge on any atom is 0.315 e. The van der Waals surface area contributed by atoms with Gasteiger partial charge in [-0.15, -0.1) is 0 Å². The van der Waals surface area contributed by atoms with Gasteiger partial charge in [-0.3, -0.25) is 0 Å². The molecule has 1 atom stereocenters. The van der Waals surface area contributed by atoms with Crippen molar-refractivity contribution in [2.24, 2.45) is 5.92 Å². The number of hydrogen-bond donors (Lipinski definition) is 2. The van der Waals surface area contributed by atoms with E-state index in [1.54, 1.807) is 19.2 Å². The Morgan fingerprint density at radius 3 is 2.68 bits per heavy atom. The Hall–Kier alpha value is -1.30. The van der Waals surface area contributed by atoms with Gasteiger partial charge in [0.25, 0.3) is 0 Å². The van der Waals surface area contributed by atoms with E-state index in [0.29, 0.717) is 24.1 Å².